The van der Waals surface area contributed by atoms with E-state index in [2.05, 4.69) is 5.32 Å². The molecule has 1 fully saturated rings. The molecule has 1 aromatic carbocycles. The zero-order valence-electron chi connectivity index (χ0n) is 15.0. The topological polar surface area (TPSA) is 98.0 Å². The van der Waals surface area contributed by atoms with Crippen molar-refractivity contribution >= 4 is 11.9 Å². The maximum atomic E-state index is 12.9. The molecule has 27 heavy (non-hydrogen) atoms. The van der Waals surface area contributed by atoms with Gasteiger partial charge < -0.3 is 24.3 Å². The lowest BCUT2D eigenvalue weighted by Crippen LogP contribution is -2.31. The van der Waals surface area contributed by atoms with Gasteiger partial charge in [-0.2, -0.15) is 0 Å². The summed E-state index contributed by atoms with van der Waals surface area (Å²) in [5.41, 5.74) is 1.89. The van der Waals surface area contributed by atoms with E-state index in [1.165, 1.54) is 6.26 Å². The molecule has 2 heterocycles. The van der Waals surface area contributed by atoms with Gasteiger partial charge in [0.05, 0.1) is 17.9 Å². The molecule has 1 unspecified atom stereocenters. The predicted molar refractivity (Wildman–Crippen MR) is 95.1 cm³/mol. The zero-order chi connectivity index (χ0) is 19.0. The lowest BCUT2D eigenvalue weighted by atomic mass is 10.00. The lowest BCUT2D eigenvalue weighted by molar-refractivity contribution is -0.136. The molecule has 0 radical (unpaired) electrons. The van der Waals surface area contributed by atoms with Crippen molar-refractivity contribution < 1.29 is 28.6 Å². The number of amides is 1. The number of hydrogen-bond acceptors (Lipinski definition) is 5. The number of carboxylic acid groups (broad SMARTS) is 1. The highest BCUT2D eigenvalue weighted by atomic mass is 16.6. The van der Waals surface area contributed by atoms with E-state index in [4.69, 9.17) is 19.0 Å². The van der Waals surface area contributed by atoms with Gasteiger partial charge in [-0.25, -0.2) is 0 Å². The van der Waals surface area contributed by atoms with E-state index in [9.17, 15) is 9.59 Å². The van der Waals surface area contributed by atoms with E-state index in [-0.39, 0.29) is 24.1 Å². The van der Waals surface area contributed by atoms with Crippen LogP contribution in [-0.4, -0.2) is 30.2 Å². The van der Waals surface area contributed by atoms with Crippen LogP contribution in [0.15, 0.2) is 28.9 Å². The first-order valence-electron chi connectivity index (χ1n) is 9.02. The highest BCUT2D eigenvalue weighted by Crippen LogP contribution is 2.43. The molecule has 7 heteroatoms. The first kappa shape index (κ1) is 17.5. The molecule has 1 saturated carbocycles. The van der Waals surface area contributed by atoms with Gasteiger partial charge >= 0.3 is 5.97 Å². The van der Waals surface area contributed by atoms with Gasteiger partial charge in [0.2, 0.25) is 0 Å². The van der Waals surface area contributed by atoms with Crippen molar-refractivity contribution in [1.29, 1.82) is 0 Å². The summed E-state index contributed by atoms with van der Waals surface area (Å²) in [6.07, 6.45) is 3.16. The van der Waals surface area contributed by atoms with Gasteiger partial charge in [0.15, 0.2) is 11.5 Å². The fourth-order valence-electron chi connectivity index (χ4n) is 3.44. The molecule has 2 N–H and O–H groups in total. The molecular formula is C20H21NO6. The molecule has 2 aromatic rings. The second kappa shape index (κ2) is 6.98. The lowest BCUT2D eigenvalue weighted by Gasteiger charge is -2.23. The van der Waals surface area contributed by atoms with Crippen molar-refractivity contribution in [1.82, 2.24) is 5.32 Å². The first-order valence-corrected chi connectivity index (χ1v) is 9.02. The molecule has 142 valence electrons. The van der Waals surface area contributed by atoms with Crippen molar-refractivity contribution in [2.24, 2.45) is 5.92 Å². The zero-order valence-corrected chi connectivity index (χ0v) is 15.0. The van der Waals surface area contributed by atoms with Crippen molar-refractivity contribution in [2.45, 2.75) is 32.2 Å². The molecule has 1 aliphatic heterocycles. The van der Waals surface area contributed by atoms with Gasteiger partial charge in [-0.3, -0.25) is 9.59 Å². The molecule has 1 aromatic heterocycles. The summed E-state index contributed by atoms with van der Waals surface area (Å²) in [7, 11) is 0. The maximum Gasteiger partial charge on any atom is 0.311 e. The first-order chi connectivity index (χ1) is 13.0. The summed E-state index contributed by atoms with van der Waals surface area (Å²) in [4.78, 5) is 23.9. The second-order valence-electron chi connectivity index (χ2n) is 6.98. The third kappa shape index (κ3) is 3.63. The van der Waals surface area contributed by atoms with Crippen LogP contribution in [-0.2, 0) is 11.2 Å². The number of rotatable bonds is 6. The van der Waals surface area contributed by atoms with Crippen LogP contribution in [0.3, 0.4) is 0 Å². The van der Waals surface area contributed by atoms with E-state index in [1.807, 2.05) is 18.2 Å². The number of fused-ring (bicyclic) bond motifs is 1. The molecule has 7 nitrogen and oxygen atoms in total. The summed E-state index contributed by atoms with van der Waals surface area (Å²) >= 11 is 0. The van der Waals surface area contributed by atoms with Gasteiger partial charge in [0, 0.05) is 5.56 Å². The Morgan fingerprint density at radius 1 is 1.22 bits per heavy atom. The van der Waals surface area contributed by atoms with Crippen LogP contribution in [0.4, 0.5) is 0 Å². The van der Waals surface area contributed by atoms with Gasteiger partial charge in [-0.1, -0.05) is 6.07 Å². The number of carboxylic acids is 1. The average Bonchev–Trinajstić information content (AvgIpc) is 3.42. The van der Waals surface area contributed by atoms with Crippen molar-refractivity contribution in [3.63, 3.8) is 0 Å². The van der Waals surface area contributed by atoms with Crippen LogP contribution in [0, 0.1) is 12.8 Å². The summed E-state index contributed by atoms with van der Waals surface area (Å²) in [5, 5.41) is 12.1. The SMILES string of the molecule is Cc1coc(CC(=O)O)c1C(=O)NC(c1ccc2c(c1)OCCO2)C1CC1. The number of furan rings is 1. The number of carbonyl (C=O) groups is 2. The largest absolute Gasteiger partial charge is 0.486 e. The monoisotopic (exact) mass is 371 g/mol. The van der Waals surface area contributed by atoms with Crippen LogP contribution in [0.25, 0.3) is 0 Å². The quantitative estimate of drug-likeness (QED) is 0.810. The number of nitrogens with one attached hydrogen (secondary N) is 1. The molecular weight excluding hydrogens is 350 g/mol. The second-order valence-corrected chi connectivity index (χ2v) is 6.98. The summed E-state index contributed by atoms with van der Waals surface area (Å²) in [5.74, 6) is 0.569. The van der Waals surface area contributed by atoms with Crippen LogP contribution in [0.2, 0.25) is 0 Å². The third-order valence-electron chi connectivity index (χ3n) is 4.90. The van der Waals surface area contributed by atoms with Crippen molar-refractivity contribution in [2.75, 3.05) is 13.2 Å². The van der Waals surface area contributed by atoms with Gasteiger partial charge in [-0.05, 0) is 43.4 Å². The Balaban J connectivity index is 1.59. The molecule has 1 aliphatic carbocycles. The Kier molecular flexibility index (Phi) is 4.51. The molecule has 0 bridgehead atoms. The standard InChI is InChI=1S/C20H21NO6/c1-11-10-27-16(9-17(22)23)18(11)20(24)21-19(12-2-3-12)13-4-5-14-15(8-13)26-7-6-25-14/h4-5,8,10,12,19H,2-3,6-7,9H2,1H3,(H,21,24)(H,22,23). The average molecular weight is 371 g/mol. The molecule has 0 spiro atoms. The number of aliphatic carboxylic acids is 1. The molecule has 2 aliphatic rings. The molecule has 0 saturated heterocycles. The number of ether oxygens (including phenoxy) is 2. The Morgan fingerprint density at radius 2 is 1.96 bits per heavy atom. The van der Waals surface area contributed by atoms with Crippen LogP contribution >= 0.6 is 0 Å². The van der Waals surface area contributed by atoms with Crippen LogP contribution in [0.1, 0.15) is 46.1 Å². The third-order valence-corrected chi connectivity index (χ3v) is 4.90. The number of carbonyl (C=O) groups excluding carboxylic acids is 1. The summed E-state index contributed by atoms with van der Waals surface area (Å²) in [6, 6.07) is 5.56. The Bertz CT molecular complexity index is 883. The van der Waals surface area contributed by atoms with Crippen molar-refractivity contribution in [3.05, 3.63) is 46.9 Å². The number of hydrogen-bond donors (Lipinski definition) is 2. The van der Waals surface area contributed by atoms with Crippen LogP contribution < -0.4 is 14.8 Å². The minimum absolute atomic E-state index is 0.166. The van der Waals surface area contributed by atoms with E-state index in [0.717, 1.165) is 18.4 Å². The molecule has 4 rings (SSSR count). The van der Waals surface area contributed by atoms with Crippen molar-refractivity contribution in [3.8, 4) is 11.5 Å². The van der Waals surface area contributed by atoms with E-state index in [0.29, 0.717) is 41.8 Å². The Hall–Kier alpha value is -2.96. The fourth-order valence-corrected chi connectivity index (χ4v) is 3.44. The number of benzene rings is 1. The Morgan fingerprint density at radius 3 is 2.67 bits per heavy atom. The fraction of sp³-hybridized carbons (Fsp3) is 0.400. The maximum absolute atomic E-state index is 12.9. The van der Waals surface area contributed by atoms with E-state index >= 15 is 0 Å². The van der Waals surface area contributed by atoms with Gasteiger partial charge in [-0.15, -0.1) is 0 Å². The molecule has 1 atom stereocenters. The minimum atomic E-state index is -1.04. The molecule has 1 amide bonds. The van der Waals surface area contributed by atoms with E-state index in [1.54, 1.807) is 6.92 Å². The highest BCUT2D eigenvalue weighted by molar-refractivity contribution is 5.97. The number of aryl methyl sites for hydroxylation is 1. The predicted octanol–water partition coefficient (Wildman–Crippen LogP) is 2.87. The van der Waals surface area contributed by atoms with E-state index < -0.39 is 5.97 Å². The van der Waals surface area contributed by atoms with Gasteiger partial charge in [0.1, 0.15) is 25.4 Å². The minimum Gasteiger partial charge on any atom is -0.486 e. The Labute approximate surface area is 156 Å². The van der Waals surface area contributed by atoms with Crippen LogP contribution in [0.5, 0.6) is 11.5 Å². The highest BCUT2D eigenvalue weighted by Gasteiger charge is 2.35. The summed E-state index contributed by atoms with van der Waals surface area (Å²) in [6.45, 7) is 2.77. The summed E-state index contributed by atoms with van der Waals surface area (Å²) < 4.78 is 16.5. The normalized spacial score (nSPS) is 16.6. The smallest absolute Gasteiger partial charge is 0.311 e. The van der Waals surface area contributed by atoms with Gasteiger partial charge in [0.25, 0.3) is 5.91 Å².